The van der Waals surface area contributed by atoms with Gasteiger partial charge in [-0.05, 0) is 30.4 Å². The van der Waals surface area contributed by atoms with Crippen molar-refractivity contribution < 1.29 is 4.79 Å². The van der Waals surface area contributed by atoms with Gasteiger partial charge in [0.15, 0.2) is 0 Å². The molecule has 0 aromatic carbocycles. The smallest absolute Gasteiger partial charge is 0.227 e. The molecule has 1 saturated heterocycles. The van der Waals surface area contributed by atoms with Crippen LogP contribution in [0, 0.1) is 11.8 Å². The van der Waals surface area contributed by atoms with E-state index in [1.807, 2.05) is 23.2 Å². The number of carbonyl (C=O) groups is 1. The summed E-state index contributed by atoms with van der Waals surface area (Å²) in [6.45, 7) is 1.73. The average Bonchev–Trinajstić information content (AvgIpc) is 3.23. The third-order valence-corrected chi connectivity index (χ3v) is 5.66. The Morgan fingerprint density at radius 1 is 1.20 bits per heavy atom. The van der Waals surface area contributed by atoms with Crippen molar-refractivity contribution in [1.29, 1.82) is 0 Å². The van der Waals surface area contributed by atoms with Gasteiger partial charge in [0.05, 0.1) is 12.6 Å². The van der Waals surface area contributed by atoms with Gasteiger partial charge in [-0.3, -0.25) is 14.8 Å². The first-order valence-corrected chi connectivity index (χ1v) is 8.88. The van der Waals surface area contributed by atoms with Gasteiger partial charge in [-0.2, -0.15) is 0 Å². The first-order valence-electron chi connectivity index (χ1n) is 8.88. The van der Waals surface area contributed by atoms with Gasteiger partial charge in [0.25, 0.3) is 0 Å². The molecular weight excluding hydrogens is 314 g/mol. The van der Waals surface area contributed by atoms with Gasteiger partial charge < -0.3 is 9.80 Å². The van der Waals surface area contributed by atoms with Gasteiger partial charge in [0.2, 0.25) is 5.91 Å². The molecule has 6 nitrogen and oxygen atoms in total. The number of hydrogen-bond donors (Lipinski definition) is 0. The molecule has 1 aliphatic heterocycles. The van der Waals surface area contributed by atoms with E-state index >= 15 is 0 Å². The van der Waals surface area contributed by atoms with Crippen LogP contribution < -0.4 is 4.90 Å². The van der Waals surface area contributed by atoms with Crippen LogP contribution in [-0.4, -0.2) is 51.9 Å². The van der Waals surface area contributed by atoms with Gasteiger partial charge in [0, 0.05) is 56.9 Å². The average molecular weight is 337 g/mol. The molecule has 2 aliphatic rings. The summed E-state index contributed by atoms with van der Waals surface area (Å²) in [5.74, 6) is 2.24. The summed E-state index contributed by atoms with van der Waals surface area (Å²) in [5.41, 5.74) is 0.984. The molecular formula is C19H23N5O. The summed E-state index contributed by atoms with van der Waals surface area (Å²) in [6, 6.07) is 4.28. The zero-order valence-electron chi connectivity index (χ0n) is 14.5. The largest absolute Gasteiger partial charge is 0.355 e. The lowest BCUT2D eigenvalue weighted by Crippen LogP contribution is -2.39. The van der Waals surface area contributed by atoms with E-state index in [2.05, 4.69) is 26.9 Å². The van der Waals surface area contributed by atoms with Crippen molar-refractivity contribution in [3.63, 3.8) is 0 Å². The van der Waals surface area contributed by atoms with E-state index in [0.29, 0.717) is 24.3 Å². The molecule has 3 heterocycles. The lowest BCUT2D eigenvalue weighted by molar-refractivity contribution is -0.129. The summed E-state index contributed by atoms with van der Waals surface area (Å²) < 4.78 is 0. The summed E-state index contributed by atoms with van der Waals surface area (Å²) >= 11 is 0. The van der Waals surface area contributed by atoms with Crippen LogP contribution in [0.5, 0.6) is 0 Å². The molecule has 2 fully saturated rings. The molecule has 1 saturated carbocycles. The number of aromatic nitrogens is 3. The minimum absolute atomic E-state index is 0.211. The van der Waals surface area contributed by atoms with Crippen molar-refractivity contribution in [2.75, 3.05) is 25.0 Å². The highest BCUT2D eigenvalue weighted by Crippen LogP contribution is 2.41. The topological polar surface area (TPSA) is 62.2 Å². The molecule has 130 valence electrons. The van der Waals surface area contributed by atoms with E-state index < -0.39 is 0 Å². The predicted molar refractivity (Wildman–Crippen MR) is 95.0 cm³/mol. The maximum absolute atomic E-state index is 12.7. The fourth-order valence-corrected chi connectivity index (χ4v) is 4.35. The van der Waals surface area contributed by atoms with Crippen LogP contribution in [0.25, 0.3) is 0 Å². The Balaban J connectivity index is 1.42. The Hall–Kier alpha value is -2.50. The van der Waals surface area contributed by atoms with Crippen molar-refractivity contribution in [2.45, 2.75) is 25.3 Å². The summed E-state index contributed by atoms with van der Waals surface area (Å²) in [5, 5.41) is 0. The Kier molecular flexibility index (Phi) is 4.34. The minimum atomic E-state index is 0.211. The molecule has 1 amide bonds. The molecule has 0 spiro atoms. The maximum atomic E-state index is 12.7. The van der Waals surface area contributed by atoms with Crippen LogP contribution in [0.3, 0.4) is 0 Å². The Bertz CT molecular complexity index is 723. The number of anilines is 1. The number of nitrogens with zero attached hydrogens (tertiary/aromatic N) is 5. The second-order valence-electron chi connectivity index (χ2n) is 7.08. The molecule has 4 rings (SSSR count). The second-order valence-corrected chi connectivity index (χ2v) is 7.08. The zero-order chi connectivity index (χ0) is 17.2. The third-order valence-electron chi connectivity index (χ3n) is 5.66. The normalized spacial score (nSPS) is 25.0. The summed E-state index contributed by atoms with van der Waals surface area (Å²) in [4.78, 5) is 29.6. The lowest BCUT2D eigenvalue weighted by atomic mass is 9.97. The molecule has 0 N–H and O–H groups in total. The molecule has 3 atom stereocenters. The zero-order valence-corrected chi connectivity index (χ0v) is 14.5. The molecule has 0 unspecified atom stereocenters. The number of carbonyl (C=O) groups excluding carboxylic acids is 1. The number of amides is 1. The Labute approximate surface area is 147 Å². The number of pyridine rings is 1. The first kappa shape index (κ1) is 16.0. The molecule has 6 heteroatoms. The molecule has 1 aliphatic carbocycles. The predicted octanol–water partition coefficient (Wildman–Crippen LogP) is 1.79. The van der Waals surface area contributed by atoms with E-state index in [1.54, 1.807) is 24.8 Å². The highest BCUT2D eigenvalue weighted by atomic mass is 16.2. The SMILES string of the molecule is CN(c1cnccn1)[C@@H]1CC[C@@H]2CN(C(=O)Cc3cccnc3)C[C@@H]21. The number of rotatable bonds is 4. The monoisotopic (exact) mass is 337 g/mol. The van der Waals surface area contributed by atoms with Crippen LogP contribution in [-0.2, 0) is 11.2 Å². The van der Waals surface area contributed by atoms with Crippen molar-refractivity contribution in [1.82, 2.24) is 19.9 Å². The van der Waals surface area contributed by atoms with Crippen LogP contribution in [0.2, 0.25) is 0 Å². The van der Waals surface area contributed by atoms with Crippen molar-refractivity contribution in [3.05, 3.63) is 48.7 Å². The van der Waals surface area contributed by atoms with E-state index in [4.69, 9.17) is 0 Å². The second kappa shape index (κ2) is 6.78. The number of hydrogen-bond acceptors (Lipinski definition) is 5. The lowest BCUT2D eigenvalue weighted by Gasteiger charge is -2.30. The molecule has 0 bridgehead atoms. The minimum Gasteiger partial charge on any atom is -0.355 e. The molecule has 2 aromatic heterocycles. The first-order chi connectivity index (χ1) is 12.2. The summed E-state index contributed by atoms with van der Waals surface area (Å²) in [6.07, 6.45) is 11.5. The highest BCUT2D eigenvalue weighted by molar-refractivity contribution is 5.79. The van der Waals surface area contributed by atoms with Crippen LogP contribution in [0.15, 0.2) is 43.1 Å². The molecule has 25 heavy (non-hydrogen) atoms. The summed E-state index contributed by atoms with van der Waals surface area (Å²) in [7, 11) is 2.09. The third kappa shape index (κ3) is 3.21. The van der Waals surface area contributed by atoms with Gasteiger partial charge in [-0.1, -0.05) is 6.07 Å². The van der Waals surface area contributed by atoms with Crippen molar-refractivity contribution in [3.8, 4) is 0 Å². The standard InChI is InChI=1S/C19H23N5O/c1-23(18-11-21-7-8-22-18)17-5-4-15-12-24(13-16(15)17)19(25)9-14-3-2-6-20-10-14/h2-3,6-8,10-11,15-17H,4-5,9,12-13H2,1H3/t15-,16+,17-/m1/s1. The fourth-order valence-electron chi connectivity index (χ4n) is 4.35. The van der Waals surface area contributed by atoms with Gasteiger partial charge >= 0.3 is 0 Å². The van der Waals surface area contributed by atoms with Gasteiger partial charge in [-0.15, -0.1) is 0 Å². The van der Waals surface area contributed by atoms with E-state index in [0.717, 1.165) is 30.9 Å². The van der Waals surface area contributed by atoms with E-state index in [-0.39, 0.29) is 5.91 Å². The number of fused-ring (bicyclic) bond motifs is 1. The van der Waals surface area contributed by atoms with E-state index in [1.165, 1.54) is 6.42 Å². The fraction of sp³-hybridized carbons (Fsp3) is 0.474. The quantitative estimate of drug-likeness (QED) is 0.851. The van der Waals surface area contributed by atoms with Crippen LogP contribution in [0.4, 0.5) is 5.82 Å². The van der Waals surface area contributed by atoms with Crippen LogP contribution in [0.1, 0.15) is 18.4 Å². The van der Waals surface area contributed by atoms with Crippen LogP contribution >= 0.6 is 0 Å². The highest BCUT2D eigenvalue weighted by Gasteiger charge is 2.45. The Morgan fingerprint density at radius 2 is 2.08 bits per heavy atom. The number of likely N-dealkylation sites (tertiary alicyclic amines) is 1. The van der Waals surface area contributed by atoms with Gasteiger partial charge in [0.1, 0.15) is 5.82 Å². The van der Waals surface area contributed by atoms with Crippen molar-refractivity contribution >= 4 is 11.7 Å². The van der Waals surface area contributed by atoms with Gasteiger partial charge in [-0.25, -0.2) is 4.98 Å². The molecule has 0 radical (unpaired) electrons. The van der Waals surface area contributed by atoms with Crippen molar-refractivity contribution in [2.24, 2.45) is 11.8 Å². The molecule has 2 aromatic rings. The van der Waals surface area contributed by atoms with E-state index in [9.17, 15) is 4.79 Å². The maximum Gasteiger partial charge on any atom is 0.227 e. The Morgan fingerprint density at radius 3 is 2.84 bits per heavy atom.